The zero-order valence-electron chi connectivity index (χ0n) is 7.54. The first kappa shape index (κ1) is 11.8. The molecule has 5 heteroatoms. The Balaban J connectivity index is 3.08. The number of hydroxylamine groups is 1. The maximum absolute atomic E-state index is 9.70. The predicted octanol–water partition coefficient (Wildman–Crippen LogP) is 1.90. The van der Waals surface area contributed by atoms with Crippen molar-refractivity contribution in [3.05, 3.63) is 34.9 Å². The summed E-state index contributed by atoms with van der Waals surface area (Å²) in [5.41, 5.74) is 0.547. The second-order valence-corrected chi connectivity index (χ2v) is 4.02. The molecule has 0 bridgehead atoms. The molecule has 1 aliphatic carbocycles. The Kier molecular flexibility index (Phi) is 3.75. The smallest absolute Gasteiger partial charge is 0.162 e. The molecule has 0 fully saturated rings. The summed E-state index contributed by atoms with van der Waals surface area (Å²) < 4.78 is 0. The van der Waals surface area contributed by atoms with Crippen molar-refractivity contribution < 1.29 is 10.3 Å². The van der Waals surface area contributed by atoms with Crippen LogP contribution in [0.25, 0.3) is 0 Å². The van der Waals surface area contributed by atoms with Crippen LogP contribution in [0.2, 0.25) is 0 Å². The second kappa shape index (κ2) is 4.47. The maximum atomic E-state index is 9.70. The quantitative estimate of drug-likeness (QED) is 0.390. The summed E-state index contributed by atoms with van der Waals surface area (Å²) in [5.74, 6) is 0. The van der Waals surface area contributed by atoms with Crippen LogP contribution in [0.4, 0.5) is 0 Å². The molecule has 0 amide bonds. The van der Waals surface area contributed by atoms with Gasteiger partial charge in [-0.1, -0.05) is 29.8 Å². The SMILES string of the molecule is CC(O)(NO)C1=C(Cl)C=CC(Cl)C=C1. The molecule has 0 saturated heterocycles. The Morgan fingerprint density at radius 1 is 1.43 bits per heavy atom. The van der Waals surface area contributed by atoms with Gasteiger partial charge in [0.2, 0.25) is 0 Å². The lowest BCUT2D eigenvalue weighted by Gasteiger charge is -2.23. The Morgan fingerprint density at radius 2 is 2.00 bits per heavy atom. The van der Waals surface area contributed by atoms with Gasteiger partial charge in [0.25, 0.3) is 0 Å². The van der Waals surface area contributed by atoms with Gasteiger partial charge in [0, 0.05) is 10.6 Å². The highest BCUT2D eigenvalue weighted by Gasteiger charge is 2.26. The molecule has 2 unspecified atom stereocenters. The standard InChI is InChI=1S/C9H11Cl2NO2/c1-9(13,12-14)7-4-2-6(10)3-5-8(7)11/h2-6,12-14H,1H3. The highest BCUT2D eigenvalue weighted by atomic mass is 35.5. The first-order chi connectivity index (χ1) is 6.47. The predicted molar refractivity (Wildman–Crippen MR) is 56.3 cm³/mol. The highest BCUT2D eigenvalue weighted by Crippen LogP contribution is 2.25. The molecular formula is C9H11Cl2NO2. The Labute approximate surface area is 92.3 Å². The molecule has 0 aromatic rings. The number of alkyl halides is 1. The lowest BCUT2D eigenvalue weighted by atomic mass is 10.1. The Bertz CT molecular complexity index is 308. The van der Waals surface area contributed by atoms with Gasteiger partial charge in [-0.15, -0.1) is 11.6 Å². The van der Waals surface area contributed by atoms with Gasteiger partial charge in [0.05, 0.1) is 5.38 Å². The minimum Gasteiger partial charge on any atom is -0.370 e. The van der Waals surface area contributed by atoms with Gasteiger partial charge in [-0.05, 0) is 13.0 Å². The van der Waals surface area contributed by atoms with Crippen molar-refractivity contribution in [1.82, 2.24) is 5.48 Å². The summed E-state index contributed by atoms with van der Waals surface area (Å²) in [4.78, 5) is 0. The zero-order valence-corrected chi connectivity index (χ0v) is 9.05. The van der Waals surface area contributed by atoms with Gasteiger partial charge >= 0.3 is 0 Å². The van der Waals surface area contributed by atoms with Crippen molar-refractivity contribution in [2.24, 2.45) is 0 Å². The fraction of sp³-hybridized carbons (Fsp3) is 0.333. The molecule has 0 heterocycles. The maximum Gasteiger partial charge on any atom is 0.162 e. The van der Waals surface area contributed by atoms with Crippen molar-refractivity contribution in [2.75, 3.05) is 0 Å². The molecule has 0 saturated carbocycles. The van der Waals surface area contributed by atoms with Crippen LogP contribution in [0.3, 0.4) is 0 Å². The molecule has 1 aliphatic rings. The number of rotatable bonds is 2. The van der Waals surface area contributed by atoms with E-state index in [1.54, 1.807) is 29.8 Å². The Hall–Kier alpha value is -0.320. The van der Waals surface area contributed by atoms with E-state index in [2.05, 4.69) is 0 Å². The van der Waals surface area contributed by atoms with Crippen molar-refractivity contribution in [1.29, 1.82) is 0 Å². The third kappa shape index (κ3) is 2.59. The summed E-state index contributed by atoms with van der Waals surface area (Å²) in [6.45, 7) is 1.39. The molecule has 0 aliphatic heterocycles. The van der Waals surface area contributed by atoms with Gasteiger partial charge in [-0.2, -0.15) is 5.48 Å². The van der Waals surface area contributed by atoms with Gasteiger partial charge in [0.15, 0.2) is 5.72 Å². The van der Waals surface area contributed by atoms with Crippen LogP contribution in [-0.2, 0) is 0 Å². The van der Waals surface area contributed by atoms with Crippen LogP contribution in [0.15, 0.2) is 34.9 Å². The number of hydrogen-bond donors (Lipinski definition) is 3. The molecule has 0 spiro atoms. The minimum atomic E-state index is -1.58. The van der Waals surface area contributed by atoms with Crippen molar-refractivity contribution >= 4 is 23.2 Å². The van der Waals surface area contributed by atoms with Crippen LogP contribution in [0.1, 0.15) is 6.92 Å². The fourth-order valence-electron chi connectivity index (χ4n) is 1.05. The average Bonchev–Trinajstić information content (AvgIpc) is 2.29. The van der Waals surface area contributed by atoms with Gasteiger partial charge in [-0.3, -0.25) is 0 Å². The summed E-state index contributed by atoms with van der Waals surface area (Å²) in [6.07, 6.45) is 6.50. The number of hydrogen-bond acceptors (Lipinski definition) is 3. The molecule has 0 aromatic heterocycles. The number of allylic oxidation sites excluding steroid dienone is 4. The van der Waals surface area contributed by atoms with Crippen LogP contribution < -0.4 is 5.48 Å². The van der Waals surface area contributed by atoms with E-state index in [0.717, 1.165) is 0 Å². The van der Waals surface area contributed by atoms with E-state index in [9.17, 15) is 5.11 Å². The zero-order chi connectivity index (χ0) is 10.8. The molecular weight excluding hydrogens is 225 g/mol. The van der Waals surface area contributed by atoms with E-state index in [1.165, 1.54) is 6.92 Å². The lowest BCUT2D eigenvalue weighted by Crippen LogP contribution is -2.41. The summed E-state index contributed by atoms with van der Waals surface area (Å²) in [5, 5.41) is 18.5. The number of halogens is 2. The summed E-state index contributed by atoms with van der Waals surface area (Å²) in [6, 6.07) is 0. The van der Waals surface area contributed by atoms with Crippen molar-refractivity contribution in [3.8, 4) is 0 Å². The highest BCUT2D eigenvalue weighted by molar-refractivity contribution is 6.32. The summed E-state index contributed by atoms with van der Waals surface area (Å²) in [7, 11) is 0. The number of aliphatic hydroxyl groups is 1. The van der Waals surface area contributed by atoms with Crippen molar-refractivity contribution in [3.63, 3.8) is 0 Å². The molecule has 3 N–H and O–H groups in total. The third-order valence-corrected chi connectivity index (χ3v) is 2.49. The molecule has 0 aromatic carbocycles. The topological polar surface area (TPSA) is 52.5 Å². The molecule has 1 rings (SSSR count). The third-order valence-electron chi connectivity index (χ3n) is 1.87. The van der Waals surface area contributed by atoms with Crippen LogP contribution in [-0.4, -0.2) is 21.4 Å². The van der Waals surface area contributed by atoms with E-state index < -0.39 is 5.72 Å². The summed E-state index contributed by atoms with van der Waals surface area (Å²) >= 11 is 11.7. The molecule has 2 atom stereocenters. The normalized spacial score (nSPS) is 26.2. The van der Waals surface area contributed by atoms with Crippen LogP contribution in [0, 0.1) is 0 Å². The molecule has 14 heavy (non-hydrogen) atoms. The molecule has 78 valence electrons. The van der Waals surface area contributed by atoms with E-state index in [-0.39, 0.29) is 5.38 Å². The number of nitrogens with one attached hydrogen (secondary N) is 1. The fourth-order valence-corrected chi connectivity index (χ4v) is 1.52. The van der Waals surface area contributed by atoms with E-state index >= 15 is 0 Å². The van der Waals surface area contributed by atoms with Crippen LogP contribution in [0.5, 0.6) is 0 Å². The van der Waals surface area contributed by atoms with Gasteiger partial charge in [-0.25, -0.2) is 0 Å². The first-order valence-corrected chi connectivity index (χ1v) is 4.83. The van der Waals surface area contributed by atoms with E-state index in [4.69, 9.17) is 28.4 Å². The molecule has 0 radical (unpaired) electrons. The molecule has 3 nitrogen and oxygen atoms in total. The van der Waals surface area contributed by atoms with Crippen LogP contribution >= 0.6 is 23.2 Å². The van der Waals surface area contributed by atoms with Gasteiger partial charge in [0.1, 0.15) is 0 Å². The average molecular weight is 236 g/mol. The Morgan fingerprint density at radius 3 is 2.57 bits per heavy atom. The second-order valence-electron chi connectivity index (χ2n) is 3.11. The monoisotopic (exact) mass is 235 g/mol. The van der Waals surface area contributed by atoms with E-state index in [0.29, 0.717) is 10.6 Å². The van der Waals surface area contributed by atoms with Crippen molar-refractivity contribution in [2.45, 2.75) is 18.0 Å². The lowest BCUT2D eigenvalue weighted by molar-refractivity contribution is -0.0501. The van der Waals surface area contributed by atoms with Gasteiger partial charge < -0.3 is 10.3 Å². The van der Waals surface area contributed by atoms with E-state index in [1.807, 2.05) is 0 Å². The first-order valence-electron chi connectivity index (χ1n) is 4.02. The minimum absolute atomic E-state index is 0.268. The largest absolute Gasteiger partial charge is 0.370 e.